The summed E-state index contributed by atoms with van der Waals surface area (Å²) < 4.78 is 12.4. The number of ether oxygens (including phenoxy) is 2. The molecule has 3 atom stereocenters. The first-order chi connectivity index (χ1) is 18.8. The molecule has 10 nitrogen and oxygen atoms in total. The predicted molar refractivity (Wildman–Crippen MR) is 154 cm³/mol. The lowest BCUT2D eigenvalue weighted by Crippen LogP contribution is -2.60. The summed E-state index contributed by atoms with van der Waals surface area (Å²) in [5.74, 6) is -0.293. The zero-order valence-corrected chi connectivity index (χ0v) is 24.8. The van der Waals surface area contributed by atoms with E-state index in [0.717, 1.165) is 10.2 Å². The van der Waals surface area contributed by atoms with Crippen molar-refractivity contribution in [3.63, 3.8) is 0 Å². The van der Waals surface area contributed by atoms with E-state index in [2.05, 4.69) is 15.6 Å². The monoisotopic (exact) mass is 567 g/mol. The number of methoxy groups -OCH3 is 1. The van der Waals surface area contributed by atoms with Crippen molar-refractivity contribution in [1.29, 1.82) is 0 Å². The van der Waals surface area contributed by atoms with Crippen LogP contribution >= 0.6 is 11.3 Å². The van der Waals surface area contributed by atoms with E-state index in [4.69, 9.17) is 14.5 Å². The van der Waals surface area contributed by atoms with E-state index in [0.29, 0.717) is 17.1 Å². The van der Waals surface area contributed by atoms with Crippen molar-refractivity contribution in [3.8, 4) is 17.1 Å². The minimum absolute atomic E-state index is 0.155. The van der Waals surface area contributed by atoms with E-state index in [1.807, 2.05) is 77.3 Å². The van der Waals surface area contributed by atoms with Crippen molar-refractivity contribution in [1.82, 2.24) is 25.5 Å². The normalized spacial score (nSPS) is 18.3. The average Bonchev–Trinajstić information content (AvgIpc) is 3.53. The molecule has 0 aromatic carbocycles. The first-order valence-electron chi connectivity index (χ1n) is 13.2. The second kappa shape index (κ2) is 11.4. The lowest BCUT2D eigenvalue weighted by molar-refractivity contribution is -0.152. The van der Waals surface area contributed by atoms with Crippen LogP contribution in [-0.2, 0) is 14.3 Å². The van der Waals surface area contributed by atoms with Crippen LogP contribution in [0.2, 0.25) is 0 Å². The molecule has 0 aliphatic carbocycles. The van der Waals surface area contributed by atoms with E-state index in [1.54, 1.807) is 6.20 Å². The number of rotatable bonds is 6. The average molecular weight is 568 g/mol. The molecule has 11 heteroatoms. The zero-order chi connectivity index (χ0) is 29.2. The van der Waals surface area contributed by atoms with Gasteiger partial charge < -0.3 is 25.0 Å². The maximum atomic E-state index is 13.9. The number of urea groups is 1. The van der Waals surface area contributed by atoms with Gasteiger partial charge in [0.2, 0.25) is 5.91 Å². The number of likely N-dealkylation sites (tertiary alicyclic amines) is 1. The van der Waals surface area contributed by atoms with Crippen LogP contribution in [0, 0.1) is 5.41 Å². The molecule has 3 aromatic heterocycles. The summed E-state index contributed by atoms with van der Waals surface area (Å²) in [6, 6.07) is 7.18. The fourth-order valence-corrected chi connectivity index (χ4v) is 5.44. The Hall–Kier alpha value is -3.73. The number of aromatic nitrogens is 2. The standard InChI is InChI=1S/C29H37N5O5S/c1-28(2,3)24(32-27(37)33-29(4,5)6)25(35)34-16-17(14-21(34)26(36)38-7)39-22-15-20(18-10-8-9-12-30-18)31-19-11-13-40-23(19)22/h8-13,15,17,21,24H,14,16H2,1-7H3,(H2,32,33,37)/t17-,21?,24-/m1/s1. The van der Waals surface area contributed by atoms with Crippen LogP contribution in [0.4, 0.5) is 4.79 Å². The second-order valence-electron chi connectivity index (χ2n) is 12.0. The highest BCUT2D eigenvalue weighted by Crippen LogP contribution is 2.36. The largest absolute Gasteiger partial charge is 0.487 e. The molecule has 3 aromatic rings. The number of hydrogen-bond acceptors (Lipinski definition) is 8. The SMILES string of the molecule is COC(=O)C1C[C@@H](Oc2cc(-c3ccccn3)nc3ccsc23)CN1C(=O)[C@@H](NC(=O)NC(C)(C)C)C(C)(C)C. The van der Waals surface area contributed by atoms with Crippen molar-refractivity contribution in [3.05, 3.63) is 41.9 Å². The molecule has 1 unspecified atom stereocenters. The van der Waals surface area contributed by atoms with Crippen LogP contribution in [0.25, 0.3) is 21.6 Å². The van der Waals surface area contributed by atoms with Gasteiger partial charge >= 0.3 is 12.0 Å². The fraction of sp³-hybridized carbons (Fsp3) is 0.483. The fourth-order valence-electron chi connectivity index (χ4n) is 4.65. The van der Waals surface area contributed by atoms with E-state index >= 15 is 0 Å². The van der Waals surface area contributed by atoms with Gasteiger partial charge in [-0.05, 0) is 49.8 Å². The van der Waals surface area contributed by atoms with E-state index in [9.17, 15) is 14.4 Å². The van der Waals surface area contributed by atoms with Gasteiger partial charge in [0, 0.05) is 24.2 Å². The number of amides is 3. The van der Waals surface area contributed by atoms with Crippen LogP contribution in [0.1, 0.15) is 48.0 Å². The number of thiophene rings is 1. The van der Waals surface area contributed by atoms with Crippen LogP contribution < -0.4 is 15.4 Å². The van der Waals surface area contributed by atoms with Gasteiger partial charge in [0.1, 0.15) is 23.9 Å². The third-order valence-corrected chi connectivity index (χ3v) is 7.41. The molecule has 1 aliphatic heterocycles. The van der Waals surface area contributed by atoms with Crippen molar-refractivity contribution in [2.75, 3.05) is 13.7 Å². The van der Waals surface area contributed by atoms with Crippen molar-refractivity contribution in [2.24, 2.45) is 5.41 Å². The lowest BCUT2D eigenvalue weighted by Gasteiger charge is -2.35. The summed E-state index contributed by atoms with van der Waals surface area (Å²) >= 11 is 1.50. The Morgan fingerprint density at radius 1 is 1.10 bits per heavy atom. The van der Waals surface area contributed by atoms with E-state index in [-0.39, 0.29) is 18.9 Å². The first kappa shape index (κ1) is 29.3. The molecule has 214 valence electrons. The summed E-state index contributed by atoms with van der Waals surface area (Å²) in [6.45, 7) is 11.3. The molecule has 40 heavy (non-hydrogen) atoms. The highest BCUT2D eigenvalue weighted by molar-refractivity contribution is 7.17. The zero-order valence-electron chi connectivity index (χ0n) is 24.0. The summed E-state index contributed by atoms with van der Waals surface area (Å²) in [5.41, 5.74) is 1.04. The number of carbonyl (C=O) groups is 3. The summed E-state index contributed by atoms with van der Waals surface area (Å²) in [4.78, 5) is 50.1. The van der Waals surface area contributed by atoms with Gasteiger partial charge in [-0.25, -0.2) is 14.6 Å². The molecule has 0 spiro atoms. The van der Waals surface area contributed by atoms with Crippen LogP contribution in [-0.4, -0.2) is 70.2 Å². The van der Waals surface area contributed by atoms with Crippen LogP contribution in [0.5, 0.6) is 5.75 Å². The molecule has 0 radical (unpaired) electrons. The molecule has 0 saturated carbocycles. The minimum atomic E-state index is -0.888. The van der Waals surface area contributed by atoms with Crippen molar-refractivity contribution < 1.29 is 23.9 Å². The summed E-state index contributed by atoms with van der Waals surface area (Å²) in [7, 11) is 1.30. The summed E-state index contributed by atoms with van der Waals surface area (Å²) in [5, 5.41) is 7.61. The van der Waals surface area contributed by atoms with Gasteiger partial charge in [0.25, 0.3) is 0 Å². The Kier molecular flexibility index (Phi) is 8.34. The molecule has 4 rings (SSSR count). The second-order valence-corrected chi connectivity index (χ2v) is 12.9. The van der Waals surface area contributed by atoms with Crippen LogP contribution in [0.15, 0.2) is 41.9 Å². The Morgan fingerprint density at radius 2 is 1.85 bits per heavy atom. The first-order valence-corrected chi connectivity index (χ1v) is 14.1. The Labute approximate surface area is 238 Å². The number of esters is 1. The highest BCUT2D eigenvalue weighted by atomic mass is 32.1. The number of nitrogens with zero attached hydrogens (tertiary/aromatic N) is 3. The smallest absolute Gasteiger partial charge is 0.328 e. The topological polar surface area (TPSA) is 123 Å². The number of hydrogen-bond donors (Lipinski definition) is 2. The Bertz CT molecular complexity index is 1380. The minimum Gasteiger partial charge on any atom is -0.487 e. The predicted octanol–water partition coefficient (Wildman–Crippen LogP) is 4.39. The molecule has 3 amide bonds. The van der Waals surface area contributed by atoms with Gasteiger partial charge in [0.05, 0.1) is 35.3 Å². The summed E-state index contributed by atoms with van der Waals surface area (Å²) in [6.07, 6.45) is 1.47. The van der Waals surface area contributed by atoms with Crippen LogP contribution in [0.3, 0.4) is 0 Å². The Morgan fingerprint density at radius 3 is 2.48 bits per heavy atom. The number of fused-ring (bicyclic) bond motifs is 1. The molecule has 2 N–H and O–H groups in total. The van der Waals surface area contributed by atoms with Gasteiger partial charge in [-0.2, -0.15) is 0 Å². The molecule has 4 heterocycles. The highest BCUT2D eigenvalue weighted by Gasteiger charge is 2.46. The molecule has 1 fully saturated rings. The molecular weight excluding hydrogens is 530 g/mol. The molecule has 1 aliphatic rings. The third kappa shape index (κ3) is 6.70. The van der Waals surface area contributed by atoms with Gasteiger partial charge in [0.15, 0.2) is 0 Å². The molecular formula is C29H37N5O5S. The van der Waals surface area contributed by atoms with Gasteiger partial charge in [-0.3, -0.25) is 9.78 Å². The van der Waals surface area contributed by atoms with E-state index < -0.39 is 41.1 Å². The number of pyridine rings is 2. The van der Waals surface area contributed by atoms with Gasteiger partial charge in [-0.15, -0.1) is 11.3 Å². The van der Waals surface area contributed by atoms with Crippen molar-refractivity contribution >= 4 is 39.5 Å². The number of nitrogens with one attached hydrogen (secondary N) is 2. The maximum Gasteiger partial charge on any atom is 0.328 e. The van der Waals surface area contributed by atoms with E-state index in [1.165, 1.54) is 23.3 Å². The quantitative estimate of drug-likeness (QED) is 0.424. The molecule has 0 bridgehead atoms. The Balaban J connectivity index is 1.61. The van der Waals surface area contributed by atoms with Crippen molar-refractivity contribution in [2.45, 2.75) is 71.7 Å². The van der Waals surface area contributed by atoms with Gasteiger partial charge in [-0.1, -0.05) is 26.8 Å². The lowest BCUT2D eigenvalue weighted by atomic mass is 9.85. The number of carbonyl (C=O) groups excluding carboxylic acids is 3. The maximum absolute atomic E-state index is 13.9. The third-order valence-electron chi connectivity index (χ3n) is 6.49. The molecule has 1 saturated heterocycles.